The quantitative estimate of drug-likeness (QED) is 0.826. The minimum Gasteiger partial charge on any atom is -0.471 e. The molecule has 3 heterocycles. The molecule has 0 aromatic carbocycles. The van der Waals surface area contributed by atoms with Crippen LogP contribution in [-0.4, -0.2) is 51.6 Å². The number of aryl methyl sites for hydroxylation is 1. The van der Waals surface area contributed by atoms with Gasteiger partial charge in [-0.2, -0.15) is 0 Å². The first-order valence-electron chi connectivity index (χ1n) is 6.52. The summed E-state index contributed by atoms with van der Waals surface area (Å²) in [6.07, 6.45) is 6.42. The average Bonchev–Trinajstić information content (AvgIpc) is 3.10. The maximum absolute atomic E-state index is 12.4. The van der Waals surface area contributed by atoms with E-state index in [2.05, 4.69) is 10.3 Å². The first-order valence-corrected chi connectivity index (χ1v) is 6.52. The highest BCUT2D eigenvalue weighted by Gasteiger charge is 2.26. The molecular formula is C13H16N4O3. The van der Waals surface area contributed by atoms with Gasteiger partial charge in [0.25, 0.3) is 5.91 Å². The van der Waals surface area contributed by atoms with Gasteiger partial charge < -0.3 is 14.1 Å². The summed E-state index contributed by atoms with van der Waals surface area (Å²) >= 11 is 0. The summed E-state index contributed by atoms with van der Waals surface area (Å²) in [5.41, 5.74) is 1.47. The van der Waals surface area contributed by atoms with Gasteiger partial charge in [0.05, 0.1) is 37.3 Å². The standard InChI is InChI=1S/C13H16N4O3/c1-10-8-19-9-12(10)13(18)16-4-5-20-11(6-16)7-17-3-2-14-15-17/h2-3,8-9,11H,4-7H2,1H3. The van der Waals surface area contributed by atoms with Crippen molar-refractivity contribution in [1.82, 2.24) is 19.9 Å². The number of ether oxygens (including phenoxy) is 1. The van der Waals surface area contributed by atoms with Crippen molar-refractivity contribution in [3.8, 4) is 0 Å². The summed E-state index contributed by atoms with van der Waals surface area (Å²) in [6.45, 7) is 4.13. The van der Waals surface area contributed by atoms with E-state index in [0.29, 0.717) is 31.8 Å². The number of aromatic nitrogens is 3. The molecule has 7 heteroatoms. The van der Waals surface area contributed by atoms with E-state index >= 15 is 0 Å². The van der Waals surface area contributed by atoms with Crippen molar-refractivity contribution >= 4 is 5.91 Å². The van der Waals surface area contributed by atoms with E-state index in [9.17, 15) is 4.79 Å². The van der Waals surface area contributed by atoms with Crippen LogP contribution < -0.4 is 0 Å². The number of furan rings is 1. The Labute approximate surface area is 116 Å². The van der Waals surface area contributed by atoms with Gasteiger partial charge in [0.15, 0.2) is 0 Å². The molecule has 1 amide bonds. The first kappa shape index (κ1) is 12.9. The third kappa shape index (κ3) is 2.57. The van der Waals surface area contributed by atoms with Crippen molar-refractivity contribution in [2.45, 2.75) is 19.6 Å². The molecule has 0 spiro atoms. The topological polar surface area (TPSA) is 73.4 Å². The van der Waals surface area contributed by atoms with E-state index in [1.54, 1.807) is 28.2 Å². The number of nitrogens with zero attached hydrogens (tertiary/aromatic N) is 4. The van der Waals surface area contributed by atoms with Crippen LogP contribution in [0, 0.1) is 6.92 Å². The molecule has 2 aromatic heterocycles. The summed E-state index contributed by atoms with van der Waals surface area (Å²) in [5, 5.41) is 7.67. The minimum atomic E-state index is -0.0680. The zero-order valence-electron chi connectivity index (χ0n) is 11.2. The Kier molecular flexibility index (Phi) is 3.51. The van der Waals surface area contributed by atoms with Crippen molar-refractivity contribution in [2.24, 2.45) is 0 Å². The van der Waals surface area contributed by atoms with Gasteiger partial charge >= 0.3 is 0 Å². The van der Waals surface area contributed by atoms with Crippen LogP contribution >= 0.6 is 0 Å². The maximum atomic E-state index is 12.4. The molecule has 1 unspecified atom stereocenters. The smallest absolute Gasteiger partial charge is 0.257 e. The third-order valence-corrected chi connectivity index (χ3v) is 3.37. The number of carbonyl (C=O) groups excluding carboxylic acids is 1. The van der Waals surface area contributed by atoms with Crippen LogP contribution in [0.3, 0.4) is 0 Å². The molecule has 0 N–H and O–H groups in total. The summed E-state index contributed by atoms with van der Waals surface area (Å²) in [5.74, 6) is -0.0110. The van der Waals surface area contributed by atoms with Crippen molar-refractivity contribution in [2.75, 3.05) is 19.7 Å². The lowest BCUT2D eigenvalue weighted by atomic mass is 10.1. The predicted octanol–water partition coefficient (Wildman–Crippen LogP) is 0.721. The molecule has 1 aliphatic heterocycles. The van der Waals surface area contributed by atoms with Crippen LogP contribution in [0.15, 0.2) is 29.3 Å². The van der Waals surface area contributed by atoms with Gasteiger partial charge in [-0.3, -0.25) is 4.79 Å². The van der Waals surface area contributed by atoms with Gasteiger partial charge in [-0.25, -0.2) is 4.68 Å². The monoisotopic (exact) mass is 276 g/mol. The predicted molar refractivity (Wildman–Crippen MR) is 69.1 cm³/mol. The number of hydrogen-bond acceptors (Lipinski definition) is 5. The Bertz CT molecular complexity index is 578. The number of rotatable bonds is 3. The second kappa shape index (κ2) is 5.46. The van der Waals surface area contributed by atoms with Crippen LogP contribution in [0.2, 0.25) is 0 Å². The molecule has 2 aromatic rings. The summed E-state index contributed by atoms with van der Waals surface area (Å²) in [4.78, 5) is 14.2. The van der Waals surface area contributed by atoms with Gasteiger partial charge in [-0.05, 0) is 12.5 Å². The van der Waals surface area contributed by atoms with Gasteiger partial charge in [0.1, 0.15) is 6.26 Å². The van der Waals surface area contributed by atoms with Crippen LogP contribution in [0.1, 0.15) is 15.9 Å². The highest BCUT2D eigenvalue weighted by Crippen LogP contribution is 2.15. The fourth-order valence-corrected chi connectivity index (χ4v) is 2.30. The van der Waals surface area contributed by atoms with Crippen molar-refractivity contribution in [3.63, 3.8) is 0 Å². The molecule has 1 fully saturated rings. The van der Waals surface area contributed by atoms with E-state index in [1.807, 2.05) is 6.92 Å². The molecule has 1 aliphatic rings. The minimum absolute atomic E-state index is 0.0110. The maximum Gasteiger partial charge on any atom is 0.257 e. The van der Waals surface area contributed by atoms with E-state index in [-0.39, 0.29) is 12.0 Å². The Morgan fingerprint density at radius 2 is 2.40 bits per heavy atom. The first-order chi connectivity index (χ1) is 9.74. The summed E-state index contributed by atoms with van der Waals surface area (Å²) < 4.78 is 12.5. The van der Waals surface area contributed by atoms with Crippen LogP contribution in [0.25, 0.3) is 0 Å². The Morgan fingerprint density at radius 3 is 3.10 bits per heavy atom. The Hall–Kier alpha value is -2.15. The van der Waals surface area contributed by atoms with Crippen LogP contribution in [0.4, 0.5) is 0 Å². The molecule has 0 radical (unpaired) electrons. The van der Waals surface area contributed by atoms with Crippen molar-refractivity contribution < 1.29 is 13.9 Å². The van der Waals surface area contributed by atoms with Gasteiger partial charge in [-0.1, -0.05) is 5.21 Å². The van der Waals surface area contributed by atoms with E-state index in [1.165, 1.54) is 6.26 Å². The SMILES string of the molecule is Cc1cocc1C(=O)N1CCOC(Cn2ccnn2)C1. The van der Waals surface area contributed by atoms with Gasteiger partial charge in [-0.15, -0.1) is 5.10 Å². The lowest BCUT2D eigenvalue weighted by Gasteiger charge is -2.32. The largest absolute Gasteiger partial charge is 0.471 e. The fourth-order valence-electron chi connectivity index (χ4n) is 2.30. The van der Waals surface area contributed by atoms with Crippen LogP contribution in [0.5, 0.6) is 0 Å². The molecule has 0 saturated carbocycles. The number of carbonyl (C=O) groups is 1. The lowest BCUT2D eigenvalue weighted by molar-refractivity contribution is -0.0302. The molecule has 20 heavy (non-hydrogen) atoms. The number of morpholine rings is 1. The van der Waals surface area contributed by atoms with Crippen molar-refractivity contribution in [1.29, 1.82) is 0 Å². The zero-order chi connectivity index (χ0) is 13.9. The molecule has 0 bridgehead atoms. The van der Waals surface area contributed by atoms with Gasteiger partial charge in [0, 0.05) is 19.3 Å². The lowest BCUT2D eigenvalue weighted by Crippen LogP contribution is -2.47. The zero-order valence-corrected chi connectivity index (χ0v) is 11.2. The second-order valence-corrected chi connectivity index (χ2v) is 4.84. The highest BCUT2D eigenvalue weighted by molar-refractivity contribution is 5.95. The average molecular weight is 276 g/mol. The highest BCUT2D eigenvalue weighted by atomic mass is 16.5. The Balaban J connectivity index is 1.66. The van der Waals surface area contributed by atoms with Crippen LogP contribution in [-0.2, 0) is 11.3 Å². The normalized spacial score (nSPS) is 19.2. The molecule has 0 aliphatic carbocycles. The molecule has 106 valence electrons. The molecule has 1 atom stereocenters. The fraction of sp³-hybridized carbons (Fsp3) is 0.462. The van der Waals surface area contributed by atoms with E-state index < -0.39 is 0 Å². The van der Waals surface area contributed by atoms with E-state index in [0.717, 1.165) is 5.56 Å². The molecule has 7 nitrogen and oxygen atoms in total. The van der Waals surface area contributed by atoms with Gasteiger partial charge in [0.2, 0.25) is 0 Å². The number of amides is 1. The van der Waals surface area contributed by atoms with Crippen molar-refractivity contribution in [3.05, 3.63) is 36.0 Å². The Morgan fingerprint density at radius 1 is 1.50 bits per heavy atom. The summed E-state index contributed by atoms with van der Waals surface area (Å²) in [6, 6.07) is 0. The van der Waals surface area contributed by atoms with E-state index in [4.69, 9.17) is 9.15 Å². The molecule has 3 rings (SSSR count). The molecular weight excluding hydrogens is 260 g/mol. The third-order valence-electron chi connectivity index (χ3n) is 3.37. The second-order valence-electron chi connectivity index (χ2n) is 4.84. The summed E-state index contributed by atoms with van der Waals surface area (Å²) in [7, 11) is 0. The number of hydrogen-bond donors (Lipinski definition) is 0. The molecule has 1 saturated heterocycles.